The van der Waals surface area contributed by atoms with E-state index in [1.54, 1.807) is 0 Å². The second kappa shape index (κ2) is 4.50. The lowest BCUT2D eigenvalue weighted by molar-refractivity contribution is 0.526. The molecular weight excluding hydrogens is 92.1 g/mol. The van der Waals surface area contributed by atoms with Crippen LogP contribution in [0.4, 0.5) is 0 Å². The molecule has 0 bridgehead atoms. The third-order valence-corrected chi connectivity index (χ3v) is 0.996. The maximum Gasteiger partial charge on any atom is 0.242 e. The molecule has 1 nitrogen and oxygen atoms in total. The van der Waals surface area contributed by atoms with Crippen molar-refractivity contribution >= 4 is 9.76 Å². The van der Waals surface area contributed by atoms with Crippen LogP contribution in [0.1, 0.15) is 0 Å². The van der Waals surface area contributed by atoms with Gasteiger partial charge in [0.2, 0.25) is 9.76 Å². The first kappa shape index (κ1) is 5.50. The van der Waals surface area contributed by atoms with Crippen molar-refractivity contribution in [2.24, 2.45) is 0 Å². The van der Waals surface area contributed by atoms with Crippen molar-refractivity contribution in [2.45, 2.75) is 0 Å². The largest absolute Gasteiger partial charge is 0.551 e. The third-order valence-electron chi connectivity index (χ3n) is 0.332. The summed E-state index contributed by atoms with van der Waals surface area (Å²) in [7, 11) is -0.432. The number of rotatable bonds is 3. The Morgan fingerprint density at radius 1 is 1.50 bits per heavy atom. The molecule has 0 amide bonds. The average Bonchev–Trinajstić information content (AvgIpc) is 1.61. The zero-order valence-electron chi connectivity index (χ0n) is 3.68. The lowest BCUT2D eigenvalue weighted by atomic mass is 11.2. The molecule has 0 fully saturated rings. The Kier molecular flexibility index (Phi) is 4.12. The van der Waals surface area contributed by atoms with E-state index in [9.17, 15) is 0 Å². The van der Waals surface area contributed by atoms with Crippen molar-refractivity contribution < 1.29 is 4.43 Å². The molecule has 0 atom stereocenters. The van der Waals surface area contributed by atoms with Crippen molar-refractivity contribution in [3.05, 3.63) is 25.1 Å². The van der Waals surface area contributed by atoms with Crippen LogP contribution >= 0.6 is 0 Å². The standard InChI is InChI=1S/C4H8OSi/c1-3-5-6-4-2/h3-4H,1-2,6H2. The van der Waals surface area contributed by atoms with E-state index >= 15 is 0 Å². The van der Waals surface area contributed by atoms with Gasteiger partial charge in [-0.3, -0.25) is 0 Å². The van der Waals surface area contributed by atoms with Gasteiger partial charge in [-0.2, -0.15) is 0 Å². The van der Waals surface area contributed by atoms with Crippen LogP contribution in [-0.2, 0) is 4.43 Å². The summed E-state index contributed by atoms with van der Waals surface area (Å²) in [5.41, 5.74) is 1.81. The first-order chi connectivity index (χ1) is 2.91. The van der Waals surface area contributed by atoms with E-state index in [2.05, 4.69) is 13.2 Å². The van der Waals surface area contributed by atoms with Gasteiger partial charge in [0.05, 0.1) is 6.26 Å². The molecule has 0 aromatic rings. The first-order valence-corrected chi connectivity index (χ1v) is 3.14. The molecule has 2 heteroatoms. The monoisotopic (exact) mass is 100 g/mol. The van der Waals surface area contributed by atoms with Crippen LogP contribution in [-0.4, -0.2) is 9.76 Å². The summed E-state index contributed by atoms with van der Waals surface area (Å²) in [4.78, 5) is 0. The molecule has 0 aromatic heterocycles. The molecule has 0 aliphatic rings. The van der Waals surface area contributed by atoms with Crippen molar-refractivity contribution in [3.63, 3.8) is 0 Å². The highest BCUT2D eigenvalue weighted by atomic mass is 28.2. The van der Waals surface area contributed by atoms with Gasteiger partial charge < -0.3 is 4.43 Å². The highest BCUT2D eigenvalue weighted by molar-refractivity contribution is 6.34. The Hall–Kier alpha value is -0.503. The third kappa shape index (κ3) is 3.50. The molecule has 0 unspecified atom stereocenters. The van der Waals surface area contributed by atoms with E-state index in [0.29, 0.717) is 0 Å². The molecule has 0 saturated carbocycles. The smallest absolute Gasteiger partial charge is 0.242 e. The van der Waals surface area contributed by atoms with Crippen molar-refractivity contribution in [3.8, 4) is 0 Å². The van der Waals surface area contributed by atoms with Gasteiger partial charge in [0.25, 0.3) is 0 Å². The van der Waals surface area contributed by atoms with E-state index in [4.69, 9.17) is 4.43 Å². The topological polar surface area (TPSA) is 9.23 Å². The van der Waals surface area contributed by atoms with E-state index in [1.165, 1.54) is 6.26 Å². The van der Waals surface area contributed by atoms with E-state index < -0.39 is 9.76 Å². The Labute approximate surface area is 40.3 Å². The van der Waals surface area contributed by atoms with Crippen LogP contribution in [0.25, 0.3) is 0 Å². The van der Waals surface area contributed by atoms with Crippen LogP contribution in [0, 0.1) is 0 Å². The van der Waals surface area contributed by atoms with Gasteiger partial charge in [-0.1, -0.05) is 12.3 Å². The fraction of sp³-hybridized carbons (Fsp3) is 0. The van der Waals surface area contributed by atoms with Gasteiger partial charge >= 0.3 is 0 Å². The van der Waals surface area contributed by atoms with Gasteiger partial charge in [0.1, 0.15) is 0 Å². The molecule has 34 valence electrons. The van der Waals surface area contributed by atoms with Gasteiger partial charge in [0.15, 0.2) is 0 Å². The van der Waals surface area contributed by atoms with E-state index in [-0.39, 0.29) is 0 Å². The van der Waals surface area contributed by atoms with Crippen molar-refractivity contribution in [1.82, 2.24) is 0 Å². The fourth-order valence-corrected chi connectivity index (χ4v) is 0.408. The molecular formula is C4H8OSi. The van der Waals surface area contributed by atoms with Crippen LogP contribution in [0.5, 0.6) is 0 Å². The molecule has 0 aromatic carbocycles. The molecule has 0 aliphatic carbocycles. The maximum absolute atomic E-state index is 4.77. The quantitative estimate of drug-likeness (QED) is 0.283. The lowest BCUT2D eigenvalue weighted by Crippen LogP contribution is -1.82. The SMILES string of the molecule is C=CO[SiH2]C=C. The van der Waals surface area contributed by atoms with Crippen LogP contribution in [0.3, 0.4) is 0 Å². The highest BCUT2D eigenvalue weighted by Gasteiger charge is 1.65. The molecule has 6 heavy (non-hydrogen) atoms. The minimum Gasteiger partial charge on any atom is -0.551 e. The van der Waals surface area contributed by atoms with Crippen molar-refractivity contribution in [2.75, 3.05) is 0 Å². The second-order valence-corrected chi connectivity index (χ2v) is 2.03. The van der Waals surface area contributed by atoms with Crippen LogP contribution in [0.15, 0.2) is 25.1 Å². The summed E-state index contributed by atoms with van der Waals surface area (Å²) in [6.07, 6.45) is 1.45. The van der Waals surface area contributed by atoms with Gasteiger partial charge in [0, 0.05) is 0 Å². The van der Waals surface area contributed by atoms with Crippen LogP contribution < -0.4 is 0 Å². The lowest BCUT2D eigenvalue weighted by Gasteiger charge is -1.86. The second-order valence-electron chi connectivity index (χ2n) is 0.789. The van der Waals surface area contributed by atoms with Gasteiger partial charge in [-0.05, 0) is 0 Å². The normalized spacial score (nSPS) is 8.67. The summed E-state index contributed by atoms with van der Waals surface area (Å²) in [6.45, 7) is 6.85. The predicted molar refractivity (Wildman–Crippen MR) is 30.0 cm³/mol. The molecule has 0 radical (unpaired) electrons. The minimum absolute atomic E-state index is 0.432. The summed E-state index contributed by atoms with van der Waals surface area (Å²) < 4.78 is 4.77. The van der Waals surface area contributed by atoms with Gasteiger partial charge in [-0.15, -0.1) is 6.58 Å². The number of hydrogen-bond donors (Lipinski definition) is 0. The Morgan fingerprint density at radius 2 is 2.17 bits per heavy atom. The van der Waals surface area contributed by atoms with Crippen LogP contribution in [0.2, 0.25) is 0 Å². The summed E-state index contributed by atoms with van der Waals surface area (Å²) in [5.74, 6) is 0. The summed E-state index contributed by atoms with van der Waals surface area (Å²) in [5, 5.41) is 0. The minimum atomic E-state index is -0.432. The zero-order valence-corrected chi connectivity index (χ0v) is 5.10. The van der Waals surface area contributed by atoms with Crippen molar-refractivity contribution in [1.29, 1.82) is 0 Å². The molecule has 0 saturated heterocycles. The summed E-state index contributed by atoms with van der Waals surface area (Å²) in [6, 6.07) is 0. The molecule has 0 heterocycles. The highest BCUT2D eigenvalue weighted by Crippen LogP contribution is 1.65. The average molecular weight is 100 g/mol. The molecule has 0 aliphatic heterocycles. The Balaban J connectivity index is 2.66. The number of hydrogen-bond acceptors (Lipinski definition) is 1. The molecule has 0 N–H and O–H groups in total. The molecule has 0 spiro atoms. The van der Waals surface area contributed by atoms with E-state index in [1.807, 2.05) is 5.70 Å². The first-order valence-electron chi connectivity index (χ1n) is 1.75. The Morgan fingerprint density at radius 3 is 2.33 bits per heavy atom. The summed E-state index contributed by atoms with van der Waals surface area (Å²) >= 11 is 0. The predicted octanol–water partition coefficient (Wildman–Crippen LogP) is 0.374. The Bertz CT molecular complexity index is 43.5. The maximum atomic E-state index is 4.77. The fourth-order valence-electron chi connectivity index (χ4n) is 0.136. The molecule has 0 rings (SSSR count). The van der Waals surface area contributed by atoms with E-state index in [0.717, 1.165) is 0 Å². The zero-order chi connectivity index (χ0) is 4.83. The van der Waals surface area contributed by atoms with Gasteiger partial charge in [-0.25, -0.2) is 0 Å².